The van der Waals surface area contributed by atoms with Crippen LogP contribution in [0.5, 0.6) is 11.5 Å². The van der Waals surface area contributed by atoms with E-state index in [1.165, 1.54) is 12.1 Å². The van der Waals surface area contributed by atoms with E-state index in [2.05, 4.69) is 22.2 Å². The second-order valence-electron chi connectivity index (χ2n) is 7.24. The lowest BCUT2D eigenvalue weighted by atomic mass is 10.1. The van der Waals surface area contributed by atoms with Crippen LogP contribution in [0.25, 0.3) is 0 Å². The van der Waals surface area contributed by atoms with Crippen LogP contribution in [-0.4, -0.2) is 40.1 Å². The summed E-state index contributed by atoms with van der Waals surface area (Å²) in [7, 11) is -3.55. The number of benzene rings is 2. The number of ether oxygens (including phenoxy) is 1. The molecule has 0 fully saturated rings. The van der Waals surface area contributed by atoms with Crippen LogP contribution >= 0.6 is 12.0 Å². The lowest BCUT2D eigenvalue weighted by molar-refractivity contribution is -0.0777. The SMILES string of the molecule is CSOOc1cc(NNC(=O)NCCCOc2cc(C)cc(C)c2)c(S(C)(=O)=O)cc1C. The minimum Gasteiger partial charge on any atom is -0.494 e. The third-order valence-electron chi connectivity index (χ3n) is 4.25. The van der Waals surface area contributed by atoms with Gasteiger partial charge < -0.3 is 14.9 Å². The predicted octanol–water partition coefficient (Wildman–Crippen LogP) is 3.70. The molecule has 0 aliphatic heterocycles. The van der Waals surface area contributed by atoms with Crippen molar-refractivity contribution in [2.75, 3.05) is 31.1 Å². The van der Waals surface area contributed by atoms with Crippen LogP contribution in [0, 0.1) is 20.8 Å². The molecule has 0 aliphatic rings. The molecule has 2 aromatic rings. The summed E-state index contributed by atoms with van der Waals surface area (Å²) in [6, 6.07) is 8.36. The topological polar surface area (TPSA) is 115 Å². The second kappa shape index (κ2) is 11.8. The summed E-state index contributed by atoms with van der Waals surface area (Å²) >= 11 is 1.00. The molecule has 0 bridgehead atoms. The Balaban J connectivity index is 1.87. The van der Waals surface area contributed by atoms with Gasteiger partial charge in [0.2, 0.25) is 0 Å². The van der Waals surface area contributed by atoms with E-state index in [1.807, 2.05) is 26.0 Å². The van der Waals surface area contributed by atoms with Gasteiger partial charge in [-0.2, -0.15) is 0 Å². The molecule has 0 atom stereocenters. The first-order valence-electron chi connectivity index (χ1n) is 9.83. The lowest BCUT2D eigenvalue weighted by Gasteiger charge is -2.15. The van der Waals surface area contributed by atoms with Crippen molar-refractivity contribution in [3.8, 4) is 11.5 Å². The molecule has 2 amide bonds. The first-order valence-corrected chi connectivity index (χ1v) is 12.9. The van der Waals surface area contributed by atoms with Gasteiger partial charge in [-0.1, -0.05) is 6.07 Å². The van der Waals surface area contributed by atoms with Gasteiger partial charge in [-0.3, -0.25) is 10.9 Å². The molecule has 32 heavy (non-hydrogen) atoms. The first-order chi connectivity index (χ1) is 15.1. The minimum absolute atomic E-state index is 0.0219. The van der Waals surface area contributed by atoms with Crippen LogP contribution in [0.2, 0.25) is 0 Å². The number of hydrogen-bond acceptors (Lipinski definition) is 8. The van der Waals surface area contributed by atoms with Gasteiger partial charge in [-0.15, -0.1) is 4.33 Å². The van der Waals surface area contributed by atoms with Crippen LogP contribution in [0.4, 0.5) is 10.5 Å². The van der Waals surface area contributed by atoms with Crippen molar-refractivity contribution in [2.45, 2.75) is 32.1 Å². The van der Waals surface area contributed by atoms with E-state index in [-0.39, 0.29) is 10.6 Å². The summed E-state index contributed by atoms with van der Waals surface area (Å²) in [4.78, 5) is 17.2. The molecule has 0 saturated carbocycles. The Morgan fingerprint density at radius 1 is 1.06 bits per heavy atom. The molecule has 0 saturated heterocycles. The van der Waals surface area contributed by atoms with Crippen molar-refractivity contribution in [3.05, 3.63) is 47.0 Å². The molecule has 0 spiro atoms. The quantitative estimate of drug-likeness (QED) is 0.192. The maximum Gasteiger partial charge on any atom is 0.333 e. The molecule has 176 valence electrons. The van der Waals surface area contributed by atoms with Gasteiger partial charge in [0, 0.05) is 37.2 Å². The summed E-state index contributed by atoms with van der Waals surface area (Å²) in [5.41, 5.74) is 8.04. The highest BCUT2D eigenvalue weighted by Gasteiger charge is 2.18. The third kappa shape index (κ3) is 8.13. The normalized spacial score (nSPS) is 11.0. The van der Waals surface area contributed by atoms with Gasteiger partial charge in [0.1, 0.15) is 5.75 Å². The van der Waals surface area contributed by atoms with E-state index in [9.17, 15) is 13.2 Å². The molecular weight excluding hydrogens is 454 g/mol. The van der Waals surface area contributed by atoms with Crippen LogP contribution in [0.1, 0.15) is 23.1 Å². The summed E-state index contributed by atoms with van der Waals surface area (Å²) in [5.74, 6) is 1.12. The van der Waals surface area contributed by atoms with Crippen LogP contribution < -0.4 is 25.8 Å². The van der Waals surface area contributed by atoms with Gasteiger partial charge in [0.25, 0.3) is 0 Å². The van der Waals surface area contributed by atoms with Crippen LogP contribution in [0.15, 0.2) is 35.2 Å². The van der Waals surface area contributed by atoms with Crippen LogP contribution in [-0.2, 0) is 14.2 Å². The van der Waals surface area contributed by atoms with E-state index < -0.39 is 15.9 Å². The molecule has 0 heterocycles. The number of hydrogen-bond donors (Lipinski definition) is 3. The van der Waals surface area contributed by atoms with Gasteiger partial charge in [0.15, 0.2) is 15.6 Å². The Morgan fingerprint density at radius 2 is 1.75 bits per heavy atom. The van der Waals surface area contributed by atoms with Gasteiger partial charge in [-0.25, -0.2) is 13.2 Å². The number of anilines is 1. The second-order valence-corrected chi connectivity index (χ2v) is 9.69. The number of nitrogens with one attached hydrogen (secondary N) is 3. The highest BCUT2D eigenvalue weighted by molar-refractivity contribution is 7.93. The average Bonchev–Trinajstić information content (AvgIpc) is 2.70. The third-order valence-corrected chi connectivity index (χ3v) is 5.59. The molecule has 11 heteroatoms. The van der Waals surface area contributed by atoms with Crippen molar-refractivity contribution in [1.29, 1.82) is 0 Å². The standard InChI is InChI=1S/C21H29N3O6S2/c1-14-9-15(2)11-17(10-14)28-8-6-7-22-21(25)24-23-18-13-19(29-30-31-4)16(3)12-20(18)32(5,26)27/h9-13,23H,6-8H2,1-5H3,(H2,22,24,25). The molecule has 0 aromatic heterocycles. The molecule has 0 unspecified atom stereocenters. The molecule has 2 aromatic carbocycles. The maximum absolute atomic E-state index is 12.1. The number of urea groups is 1. The van der Waals surface area contributed by atoms with Crippen molar-refractivity contribution in [3.63, 3.8) is 0 Å². The smallest absolute Gasteiger partial charge is 0.333 e. The number of carbonyl (C=O) groups is 1. The molecule has 0 radical (unpaired) electrons. The first kappa shape index (κ1) is 25.6. The number of hydrazine groups is 1. The van der Waals surface area contributed by atoms with E-state index in [0.29, 0.717) is 30.9 Å². The average molecular weight is 484 g/mol. The highest BCUT2D eigenvalue weighted by Crippen LogP contribution is 2.30. The number of carbonyl (C=O) groups excluding carboxylic acids is 1. The zero-order valence-corrected chi connectivity index (χ0v) is 20.4. The predicted molar refractivity (Wildman–Crippen MR) is 126 cm³/mol. The number of sulfone groups is 1. The number of amides is 2. The van der Waals surface area contributed by atoms with Crippen molar-refractivity contribution in [1.82, 2.24) is 10.7 Å². The monoisotopic (exact) mass is 483 g/mol. The van der Waals surface area contributed by atoms with Gasteiger partial charge in [-0.05, 0) is 62.1 Å². The van der Waals surface area contributed by atoms with Crippen molar-refractivity contribution in [2.24, 2.45) is 0 Å². The van der Waals surface area contributed by atoms with Crippen molar-refractivity contribution < 1.29 is 27.2 Å². The summed E-state index contributed by atoms with van der Waals surface area (Å²) in [6.07, 6.45) is 3.36. The molecule has 2 rings (SSSR count). The Kier molecular flexibility index (Phi) is 9.48. The molecule has 3 N–H and O–H groups in total. The fourth-order valence-electron chi connectivity index (χ4n) is 2.88. The van der Waals surface area contributed by atoms with Gasteiger partial charge in [0.05, 0.1) is 17.2 Å². The Labute approximate surface area is 193 Å². The zero-order valence-electron chi connectivity index (χ0n) is 18.8. The largest absolute Gasteiger partial charge is 0.494 e. The molecule has 0 aliphatic carbocycles. The van der Waals surface area contributed by atoms with Crippen molar-refractivity contribution >= 4 is 33.6 Å². The molecule has 9 nitrogen and oxygen atoms in total. The summed E-state index contributed by atoms with van der Waals surface area (Å²) in [6.45, 7) is 6.53. The number of rotatable bonds is 11. The Morgan fingerprint density at radius 3 is 2.38 bits per heavy atom. The van der Waals surface area contributed by atoms with E-state index >= 15 is 0 Å². The fourth-order valence-corrected chi connectivity index (χ4v) is 3.92. The Hall–Kier alpha value is -2.63. The zero-order chi connectivity index (χ0) is 23.7. The maximum atomic E-state index is 12.1. The van der Waals surface area contributed by atoms with E-state index in [1.54, 1.807) is 13.2 Å². The van der Waals surface area contributed by atoms with E-state index in [4.69, 9.17) is 14.0 Å². The fraction of sp³-hybridized carbons (Fsp3) is 0.381. The summed E-state index contributed by atoms with van der Waals surface area (Å²) in [5, 5.41) is 2.68. The number of aryl methyl sites for hydroxylation is 3. The van der Waals surface area contributed by atoms with E-state index in [0.717, 1.165) is 35.2 Å². The minimum atomic E-state index is -3.55. The summed E-state index contributed by atoms with van der Waals surface area (Å²) < 4.78 is 34.8. The van der Waals surface area contributed by atoms with Crippen LogP contribution in [0.3, 0.4) is 0 Å². The molecular formula is C21H29N3O6S2. The van der Waals surface area contributed by atoms with Gasteiger partial charge >= 0.3 is 6.03 Å². The lowest BCUT2D eigenvalue weighted by Crippen LogP contribution is -2.40. The highest BCUT2D eigenvalue weighted by atomic mass is 32.2. The Bertz CT molecular complexity index is 1020.